The Kier molecular flexibility index (Phi) is 6.06. The van der Waals surface area contributed by atoms with Crippen molar-refractivity contribution in [2.75, 3.05) is 31.2 Å². The van der Waals surface area contributed by atoms with Crippen molar-refractivity contribution in [1.82, 2.24) is 14.7 Å². The van der Waals surface area contributed by atoms with E-state index in [1.54, 1.807) is 4.90 Å². The lowest BCUT2D eigenvalue weighted by molar-refractivity contribution is -0.143. The number of amides is 1. The Hall–Kier alpha value is -2.69. The predicted molar refractivity (Wildman–Crippen MR) is 98.3 cm³/mol. The molecule has 1 fully saturated rings. The van der Waals surface area contributed by atoms with Gasteiger partial charge in [-0.25, -0.2) is 9.48 Å². The first kappa shape index (κ1) is 21.0. The van der Waals surface area contributed by atoms with Crippen LogP contribution in [0.15, 0.2) is 30.5 Å². The molecule has 0 atom stereocenters. The van der Waals surface area contributed by atoms with E-state index in [0.717, 1.165) is 6.20 Å². The van der Waals surface area contributed by atoms with E-state index in [1.165, 1.54) is 31.2 Å². The van der Waals surface area contributed by atoms with Crippen molar-refractivity contribution >= 4 is 22.7 Å². The molecular weight excluding hydrogens is 411 g/mol. The SMILES string of the molecule is CCOC(=O)c1cnn(-c2ccc(C(=O)N3CCS(=O)CC3)cc2)c1C(F)(F)F. The molecular formula is C18H18F3N3O4S. The Morgan fingerprint density at radius 3 is 2.34 bits per heavy atom. The molecule has 1 aliphatic heterocycles. The normalized spacial score (nSPS) is 15.4. The van der Waals surface area contributed by atoms with Crippen LogP contribution < -0.4 is 0 Å². The maximum absolute atomic E-state index is 13.6. The van der Waals surface area contributed by atoms with Gasteiger partial charge in [-0.3, -0.25) is 9.00 Å². The van der Waals surface area contributed by atoms with Crippen molar-refractivity contribution < 1.29 is 31.7 Å². The molecule has 1 aromatic carbocycles. The Morgan fingerprint density at radius 1 is 1.17 bits per heavy atom. The Bertz CT molecular complexity index is 931. The van der Waals surface area contributed by atoms with E-state index in [1.807, 2.05) is 0 Å². The van der Waals surface area contributed by atoms with Crippen LogP contribution in [0.5, 0.6) is 0 Å². The van der Waals surface area contributed by atoms with Gasteiger partial charge in [0.05, 0.1) is 18.5 Å². The van der Waals surface area contributed by atoms with Gasteiger partial charge in [0.15, 0.2) is 5.69 Å². The summed E-state index contributed by atoms with van der Waals surface area (Å²) in [5, 5.41) is 3.70. The van der Waals surface area contributed by atoms with E-state index in [0.29, 0.717) is 34.8 Å². The molecule has 0 unspecified atom stereocenters. The van der Waals surface area contributed by atoms with Gasteiger partial charge in [0.25, 0.3) is 5.91 Å². The minimum absolute atomic E-state index is 0.0455. The van der Waals surface area contributed by atoms with Crippen molar-refractivity contribution in [3.63, 3.8) is 0 Å². The van der Waals surface area contributed by atoms with Crippen LogP contribution in [-0.4, -0.2) is 62.0 Å². The summed E-state index contributed by atoms with van der Waals surface area (Å²) < 4.78 is 57.4. The van der Waals surface area contributed by atoms with Crippen molar-refractivity contribution in [2.24, 2.45) is 0 Å². The molecule has 29 heavy (non-hydrogen) atoms. The molecule has 11 heteroatoms. The van der Waals surface area contributed by atoms with Crippen LogP contribution in [-0.2, 0) is 21.7 Å². The summed E-state index contributed by atoms with van der Waals surface area (Å²) in [6.07, 6.45) is -4.02. The fourth-order valence-electron chi connectivity index (χ4n) is 2.94. The molecule has 2 heterocycles. The zero-order valence-corrected chi connectivity index (χ0v) is 16.3. The highest BCUT2D eigenvalue weighted by Gasteiger charge is 2.41. The van der Waals surface area contributed by atoms with E-state index in [-0.39, 0.29) is 18.2 Å². The lowest BCUT2D eigenvalue weighted by Gasteiger charge is -2.26. The van der Waals surface area contributed by atoms with Gasteiger partial charge in [0, 0.05) is 41.0 Å². The number of hydrogen-bond acceptors (Lipinski definition) is 5. The summed E-state index contributed by atoms with van der Waals surface area (Å²) in [6.45, 7) is 2.16. The van der Waals surface area contributed by atoms with Gasteiger partial charge < -0.3 is 9.64 Å². The molecule has 0 radical (unpaired) electrons. The third kappa shape index (κ3) is 4.50. The highest BCUT2D eigenvalue weighted by molar-refractivity contribution is 7.85. The highest BCUT2D eigenvalue weighted by atomic mass is 32.2. The summed E-state index contributed by atoms with van der Waals surface area (Å²) in [6, 6.07) is 5.45. The zero-order chi connectivity index (χ0) is 21.2. The van der Waals surface area contributed by atoms with Gasteiger partial charge in [0.1, 0.15) is 5.56 Å². The number of esters is 1. The number of rotatable bonds is 4. The van der Waals surface area contributed by atoms with Crippen LogP contribution in [0.1, 0.15) is 33.3 Å². The number of hydrogen-bond donors (Lipinski definition) is 0. The van der Waals surface area contributed by atoms with Gasteiger partial charge >= 0.3 is 12.1 Å². The Labute approximate surface area is 166 Å². The third-order valence-electron chi connectivity index (χ3n) is 4.36. The van der Waals surface area contributed by atoms with Crippen molar-refractivity contribution in [3.05, 3.63) is 47.3 Å². The number of ether oxygens (including phenoxy) is 1. The second kappa shape index (κ2) is 8.36. The zero-order valence-electron chi connectivity index (χ0n) is 15.4. The first-order valence-corrected chi connectivity index (χ1v) is 10.3. The van der Waals surface area contributed by atoms with Crippen molar-refractivity contribution in [2.45, 2.75) is 13.1 Å². The van der Waals surface area contributed by atoms with E-state index in [4.69, 9.17) is 0 Å². The molecule has 3 rings (SSSR count). The molecule has 0 aliphatic carbocycles. The molecule has 0 N–H and O–H groups in total. The van der Waals surface area contributed by atoms with Crippen LogP contribution in [0.3, 0.4) is 0 Å². The maximum atomic E-state index is 13.6. The number of alkyl halides is 3. The lowest BCUT2D eigenvalue weighted by Crippen LogP contribution is -2.41. The predicted octanol–water partition coefficient (Wildman–Crippen LogP) is 2.27. The molecule has 1 amide bonds. The average Bonchev–Trinajstić information content (AvgIpc) is 3.14. The monoisotopic (exact) mass is 429 g/mol. The topological polar surface area (TPSA) is 81.5 Å². The molecule has 0 bridgehead atoms. The molecule has 7 nitrogen and oxygen atoms in total. The van der Waals surface area contributed by atoms with Gasteiger partial charge in [-0.2, -0.15) is 18.3 Å². The fourth-order valence-corrected chi connectivity index (χ4v) is 4.00. The third-order valence-corrected chi connectivity index (χ3v) is 5.63. The van der Waals surface area contributed by atoms with Gasteiger partial charge in [0.2, 0.25) is 0 Å². The number of benzene rings is 1. The summed E-state index contributed by atoms with van der Waals surface area (Å²) in [7, 11) is -0.927. The minimum atomic E-state index is -4.84. The van der Waals surface area contributed by atoms with Gasteiger partial charge in [-0.15, -0.1) is 0 Å². The summed E-state index contributed by atoms with van der Waals surface area (Å²) in [4.78, 5) is 25.9. The quantitative estimate of drug-likeness (QED) is 0.697. The Morgan fingerprint density at radius 2 is 1.79 bits per heavy atom. The lowest BCUT2D eigenvalue weighted by atomic mass is 10.1. The van der Waals surface area contributed by atoms with Gasteiger partial charge in [-0.1, -0.05) is 0 Å². The van der Waals surface area contributed by atoms with Crippen LogP contribution >= 0.6 is 0 Å². The average molecular weight is 429 g/mol. The molecule has 1 aromatic heterocycles. The highest BCUT2D eigenvalue weighted by Crippen LogP contribution is 2.34. The maximum Gasteiger partial charge on any atom is 0.434 e. The van der Waals surface area contributed by atoms with Crippen LogP contribution in [0, 0.1) is 0 Å². The molecule has 0 saturated carbocycles. The largest absolute Gasteiger partial charge is 0.462 e. The first-order chi connectivity index (χ1) is 13.7. The number of nitrogens with zero attached hydrogens (tertiary/aromatic N) is 3. The first-order valence-electron chi connectivity index (χ1n) is 8.79. The fraction of sp³-hybridized carbons (Fsp3) is 0.389. The number of halogens is 3. The molecule has 156 valence electrons. The summed E-state index contributed by atoms with van der Waals surface area (Å²) in [5.41, 5.74) is -1.58. The van der Waals surface area contributed by atoms with Crippen LogP contribution in [0.4, 0.5) is 13.2 Å². The van der Waals surface area contributed by atoms with E-state index < -0.39 is 34.2 Å². The molecule has 1 aliphatic rings. The van der Waals surface area contributed by atoms with E-state index in [9.17, 15) is 27.0 Å². The van der Waals surface area contributed by atoms with E-state index >= 15 is 0 Å². The summed E-state index contributed by atoms with van der Waals surface area (Å²) >= 11 is 0. The smallest absolute Gasteiger partial charge is 0.434 e. The second-order valence-electron chi connectivity index (χ2n) is 6.22. The summed E-state index contributed by atoms with van der Waals surface area (Å²) in [5.74, 6) is -0.580. The standard InChI is InChI=1S/C18H18F3N3O4S/c1-2-28-17(26)14-11-22-24(15(14)18(19,20)21)13-5-3-12(4-6-13)16(25)23-7-9-29(27)10-8-23/h3-6,11H,2,7-10H2,1H3. The molecule has 0 spiro atoms. The number of carbonyl (C=O) groups is 2. The van der Waals surface area contributed by atoms with Crippen molar-refractivity contribution in [3.8, 4) is 5.69 Å². The Balaban J connectivity index is 1.89. The van der Waals surface area contributed by atoms with E-state index in [2.05, 4.69) is 9.84 Å². The number of aromatic nitrogens is 2. The second-order valence-corrected chi connectivity index (χ2v) is 7.92. The number of carbonyl (C=O) groups excluding carboxylic acids is 2. The van der Waals surface area contributed by atoms with Crippen LogP contribution in [0.2, 0.25) is 0 Å². The van der Waals surface area contributed by atoms with Gasteiger partial charge in [-0.05, 0) is 31.2 Å². The van der Waals surface area contributed by atoms with Crippen molar-refractivity contribution in [1.29, 1.82) is 0 Å². The molecule has 2 aromatic rings. The minimum Gasteiger partial charge on any atom is -0.462 e. The van der Waals surface area contributed by atoms with Crippen LogP contribution in [0.25, 0.3) is 5.69 Å². The molecule has 1 saturated heterocycles.